The van der Waals surface area contributed by atoms with Crippen LogP contribution in [0.2, 0.25) is 0 Å². The van der Waals surface area contributed by atoms with E-state index in [1.165, 1.54) is 5.40 Å². The SMILES string of the molecule is CCC(P(C12CCC(CC1)C2)C12CCC(CC1)C2)P(C12CCC(CC1)C2)C12CCC(CC1)C2. The minimum Gasteiger partial charge on any atom is -0.0863 e. The summed E-state index contributed by atoms with van der Waals surface area (Å²) in [5.74, 6) is 4.59. The Balaban J connectivity index is 1.27. The van der Waals surface area contributed by atoms with Crippen molar-refractivity contribution in [2.75, 3.05) is 0 Å². The zero-order chi connectivity index (χ0) is 21.9. The van der Waals surface area contributed by atoms with E-state index in [1.54, 1.807) is 135 Å². The lowest BCUT2D eigenvalue weighted by molar-refractivity contribution is 0.464. The van der Waals surface area contributed by atoms with E-state index in [2.05, 4.69) is 6.92 Å². The van der Waals surface area contributed by atoms with Crippen molar-refractivity contribution < 1.29 is 0 Å². The molecule has 0 aromatic carbocycles. The molecule has 0 aliphatic heterocycles. The first kappa shape index (κ1) is 21.9. The second kappa shape index (κ2) is 7.46. The van der Waals surface area contributed by atoms with Crippen LogP contribution in [-0.2, 0) is 0 Å². The maximum atomic E-state index is 2.74. The third-order valence-electron chi connectivity index (χ3n) is 13.8. The largest absolute Gasteiger partial charge is 0.0863 e. The Morgan fingerprint density at radius 2 is 0.727 bits per heavy atom. The fourth-order valence-corrected chi connectivity index (χ4v) is 26.7. The first-order valence-electron chi connectivity index (χ1n) is 15.7. The van der Waals surface area contributed by atoms with Gasteiger partial charge in [-0.2, -0.15) is 0 Å². The molecule has 33 heavy (non-hydrogen) atoms. The molecule has 0 nitrogen and oxygen atoms in total. The highest BCUT2D eigenvalue weighted by Gasteiger charge is 2.67. The number of rotatable bonds is 7. The predicted molar refractivity (Wildman–Crippen MR) is 145 cm³/mol. The smallest absolute Gasteiger partial charge is 0.00115 e. The van der Waals surface area contributed by atoms with Gasteiger partial charge >= 0.3 is 0 Å². The lowest BCUT2D eigenvalue weighted by atomic mass is 9.99. The van der Waals surface area contributed by atoms with Gasteiger partial charge in [0.05, 0.1) is 0 Å². The fourth-order valence-electron chi connectivity index (χ4n) is 12.8. The van der Waals surface area contributed by atoms with Crippen molar-refractivity contribution >= 4 is 15.8 Å². The van der Waals surface area contributed by atoms with Gasteiger partial charge in [-0.15, -0.1) is 0 Å². The number of fused-ring (bicyclic) bond motifs is 8. The summed E-state index contributed by atoms with van der Waals surface area (Å²) in [5, 5.41) is 4.65. The lowest BCUT2D eigenvalue weighted by Crippen LogP contribution is -2.43. The van der Waals surface area contributed by atoms with Gasteiger partial charge in [-0.05, 0) is 179 Å². The van der Waals surface area contributed by atoms with Crippen LogP contribution in [-0.4, -0.2) is 26.0 Å². The van der Waals surface area contributed by atoms with E-state index in [9.17, 15) is 0 Å². The van der Waals surface area contributed by atoms with Gasteiger partial charge in [0, 0.05) is 5.40 Å². The van der Waals surface area contributed by atoms with Crippen LogP contribution in [0, 0.1) is 23.7 Å². The van der Waals surface area contributed by atoms with Crippen LogP contribution in [0.1, 0.15) is 142 Å². The first-order chi connectivity index (χ1) is 16.1. The monoisotopic (exact) mass is 484 g/mol. The van der Waals surface area contributed by atoms with E-state index in [1.807, 2.05) is 0 Å². The molecule has 0 radical (unpaired) electrons. The zero-order valence-electron chi connectivity index (χ0n) is 21.6. The van der Waals surface area contributed by atoms with Gasteiger partial charge in [0.25, 0.3) is 0 Å². The average Bonchev–Trinajstić information content (AvgIpc) is 3.70. The Bertz CT molecular complexity index is 645. The molecule has 0 aromatic rings. The second-order valence-electron chi connectivity index (χ2n) is 15.1. The molecule has 8 saturated carbocycles. The second-order valence-corrected chi connectivity index (χ2v) is 22.0. The molecule has 8 bridgehead atoms. The van der Waals surface area contributed by atoms with E-state index in [0.717, 1.165) is 44.3 Å². The van der Waals surface area contributed by atoms with Crippen molar-refractivity contribution in [1.29, 1.82) is 0 Å². The molecule has 0 spiro atoms. The van der Waals surface area contributed by atoms with Crippen LogP contribution in [0.3, 0.4) is 0 Å². The molecule has 0 N–H and O–H groups in total. The zero-order valence-corrected chi connectivity index (χ0v) is 23.4. The molecule has 0 amide bonds. The normalized spacial score (nSPS) is 56.3. The maximum Gasteiger partial charge on any atom is 0.00115 e. The Kier molecular flexibility index (Phi) is 4.95. The van der Waals surface area contributed by atoms with E-state index in [4.69, 9.17) is 0 Å². The summed E-state index contributed by atoms with van der Waals surface area (Å²) in [6, 6.07) is 0. The summed E-state index contributed by atoms with van der Waals surface area (Å²) < 4.78 is 0. The summed E-state index contributed by atoms with van der Waals surface area (Å²) in [6.07, 6.45) is 34.9. The third-order valence-corrected chi connectivity index (χ3v) is 23.7. The highest BCUT2D eigenvalue weighted by atomic mass is 31.2. The molecule has 8 aliphatic carbocycles. The van der Waals surface area contributed by atoms with Crippen molar-refractivity contribution in [2.45, 2.75) is 168 Å². The minimum atomic E-state index is 0.207. The van der Waals surface area contributed by atoms with Crippen molar-refractivity contribution in [3.63, 3.8) is 0 Å². The van der Waals surface area contributed by atoms with Gasteiger partial charge in [0.15, 0.2) is 0 Å². The van der Waals surface area contributed by atoms with Crippen molar-refractivity contribution in [3.05, 3.63) is 0 Å². The summed E-state index contributed by atoms with van der Waals surface area (Å²) in [4.78, 5) is 0. The van der Waals surface area contributed by atoms with Gasteiger partial charge < -0.3 is 0 Å². The van der Waals surface area contributed by atoms with E-state index in [0.29, 0.717) is 0 Å². The van der Waals surface area contributed by atoms with Crippen molar-refractivity contribution in [1.82, 2.24) is 0 Å². The standard InChI is InChI=1S/C31H50P2/c1-2-27(32(28-11-3-23(19-28)4-12-28)29-13-5-24(20-29)6-14-29)33(30-15-7-25(21-30)8-16-30)31-17-9-26(22-31)10-18-31/h23-27H,2-22H2,1H3. The summed E-state index contributed by atoms with van der Waals surface area (Å²) >= 11 is 0. The van der Waals surface area contributed by atoms with Crippen LogP contribution in [0.5, 0.6) is 0 Å². The number of hydrogen-bond acceptors (Lipinski definition) is 0. The molecular weight excluding hydrogens is 434 g/mol. The molecular formula is C31H50P2. The molecule has 2 heteroatoms. The molecule has 0 aromatic heterocycles. The van der Waals surface area contributed by atoms with Crippen LogP contribution in [0.15, 0.2) is 0 Å². The molecule has 0 atom stereocenters. The fraction of sp³-hybridized carbons (Fsp3) is 1.00. The third kappa shape index (κ3) is 2.96. The lowest BCUT2D eigenvalue weighted by Gasteiger charge is -2.59. The molecule has 0 unspecified atom stereocenters. The molecule has 0 heterocycles. The van der Waals surface area contributed by atoms with Crippen LogP contribution >= 0.6 is 15.8 Å². The molecule has 184 valence electrons. The summed E-state index contributed by atoms with van der Waals surface area (Å²) in [7, 11) is 0.415. The van der Waals surface area contributed by atoms with E-state index in [-0.39, 0.29) is 15.8 Å². The maximum absolute atomic E-state index is 2.74. The van der Waals surface area contributed by atoms with Crippen molar-refractivity contribution in [3.8, 4) is 0 Å². The van der Waals surface area contributed by atoms with Gasteiger partial charge in [-0.25, -0.2) is 0 Å². The highest BCUT2D eigenvalue weighted by molar-refractivity contribution is 7.79. The van der Waals surface area contributed by atoms with Crippen molar-refractivity contribution in [2.24, 2.45) is 23.7 Å². The van der Waals surface area contributed by atoms with Crippen LogP contribution in [0.4, 0.5) is 0 Å². The van der Waals surface area contributed by atoms with Gasteiger partial charge in [-0.3, -0.25) is 0 Å². The molecule has 0 saturated heterocycles. The van der Waals surface area contributed by atoms with E-state index >= 15 is 0 Å². The molecule has 8 rings (SSSR count). The van der Waals surface area contributed by atoms with Crippen LogP contribution < -0.4 is 0 Å². The Hall–Kier alpha value is 0.860. The van der Waals surface area contributed by atoms with Gasteiger partial charge in [0.2, 0.25) is 0 Å². The van der Waals surface area contributed by atoms with Gasteiger partial charge in [-0.1, -0.05) is 22.8 Å². The highest BCUT2D eigenvalue weighted by Crippen LogP contribution is 2.89. The average molecular weight is 485 g/mol. The van der Waals surface area contributed by atoms with Crippen LogP contribution in [0.25, 0.3) is 0 Å². The predicted octanol–water partition coefficient (Wildman–Crippen LogP) is 10.0. The Labute approximate surface area is 207 Å². The first-order valence-corrected chi connectivity index (χ1v) is 18.5. The molecule has 8 fully saturated rings. The number of hydrogen-bond donors (Lipinski definition) is 0. The topological polar surface area (TPSA) is 0 Å². The minimum absolute atomic E-state index is 0.207. The Morgan fingerprint density at radius 1 is 0.485 bits per heavy atom. The summed E-state index contributed by atoms with van der Waals surface area (Å²) in [6.45, 7) is 2.74. The molecule has 8 aliphatic rings. The van der Waals surface area contributed by atoms with Gasteiger partial charge in [0.1, 0.15) is 0 Å². The Morgan fingerprint density at radius 3 is 0.879 bits per heavy atom. The van der Waals surface area contributed by atoms with E-state index < -0.39 is 0 Å². The quantitative estimate of drug-likeness (QED) is 0.315. The summed E-state index contributed by atoms with van der Waals surface area (Å²) in [5.41, 5.74) is 0.